The smallest absolute Gasteiger partial charge is 0.329 e. The van der Waals surface area contributed by atoms with Gasteiger partial charge in [0.05, 0.1) is 17.5 Å². The third-order valence-corrected chi connectivity index (χ3v) is 6.32. The highest BCUT2D eigenvalue weighted by molar-refractivity contribution is 7.10. The number of rotatable bonds is 6. The summed E-state index contributed by atoms with van der Waals surface area (Å²) in [6.45, 7) is 3.66. The minimum Gasteiger partial charge on any atom is -0.456 e. The van der Waals surface area contributed by atoms with Gasteiger partial charge in [0.1, 0.15) is 0 Å². The van der Waals surface area contributed by atoms with Gasteiger partial charge in [-0.15, -0.1) is 11.3 Å². The van der Waals surface area contributed by atoms with Crippen molar-refractivity contribution in [2.45, 2.75) is 39.4 Å². The zero-order valence-electron chi connectivity index (χ0n) is 16.3. The molecule has 0 unspecified atom stereocenters. The van der Waals surface area contributed by atoms with Crippen LogP contribution in [0.3, 0.4) is 0 Å². The SMILES string of the molecule is CCn1c(=O)n(CCC(=O)OCC(=O)N2CCc3sccc3C2)c2ccccc21. The number of nitrogens with zero attached hydrogens (tertiary/aromatic N) is 3. The number of fused-ring (bicyclic) bond motifs is 2. The van der Waals surface area contributed by atoms with Crippen LogP contribution in [-0.4, -0.2) is 39.1 Å². The maximum Gasteiger partial charge on any atom is 0.329 e. The second-order valence-electron chi connectivity index (χ2n) is 7.01. The molecule has 8 heteroatoms. The Morgan fingerprint density at radius 3 is 2.66 bits per heavy atom. The predicted octanol–water partition coefficient (Wildman–Crippen LogP) is 2.40. The first kappa shape index (κ1) is 19.4. The van der Waals surface area contributed by atoms with Crippen molar-refractivity contribution in [3.05, 3.63) is 56.6 Å². The first-order valence-electron chi connectivity index (χ1n) is 9.75. The molecule has 0 fully saturated rings. The maximum atomic E-state index is 12.6. The minimum atomic E-state index is -0.480. The first-order chi connectivity index (χ1) is 14.1. The number of hydrogen-bond acceptors (Lipinski definition) is 5. The normalized spacial score (nSPS) is 13.5. The summed E-state index contributed by atoms with van der Waals surface area (Å²) >= 11 is 1.71. The van der Waals surface area contributed by atoms with E-state index in [0.717, 1.165) is 17.5 Å². The van der Waals surface area contributed by atoms with E-state index in [1.165, 1.54) is 10.4 Å². The monoisotopic (exact) mass is 413 g/mol. The molecule has 1 aliphatic heterocycles. The number of esters is 1. The van der Waals surface area contributed by atoms with E-state index in [2.05, 4.69) is 0 Å². The van der Waals surface area contributed by atoms with E-state index in [-0.39, 0.29) is 31.2 Å². The third-order valence-electron chi connectivity index (χ3n) is 5.30. The van der Waals surface area contributed by atoms with E-state index in [1.54, 1.807) is 25.4 Å². The first-order valence-corrected chi connectivity index (χ1v) is 10.6. The average molecular weight is 413 g/mol. The van der Waals surface area contributed by atoms with E-state index in [1.807, 2.05) is 42.6 Å². The van der Waals surface area contributed by atoms with Gasteiger partial charge >= 0.3 is 11.7 Å². The number of hydrogen-bond donors (Lipinski definition) is 0. The van der Waals surface area contributed by atoms with Crippen molar-refractivity contribution in [1.82, 2.24) is 14.0 Å². The summed E-state index contributed by atoms with van der Waals surface area (Å²) < 4.78 is 8.45. The van der Waals surface area contributed by atoms with Crippen LogP contribution in [0.2, 0.25) is 0 Å². The molecule has 4 rings (SSSR count). The molecule has 0 aliphatic carbocycles. The molecule has 7 nitrogen and oxygen atoms in total. The molecular weight excluding hydrogens is 390 g/mol. The number of carbonyl (C=O) groups excluding carboxylic acids is 2. The molecule has 0 saturated heterocycles. The van der Waals surface area contributed by atoms with Gasteiger partial charge in [0, 0.05) is 31.1 Å². The number of carbonyl (C=O) groups is 2. The van der Waals surface area contributed by atoms with Crippen molar-refractivity contribution in [3.63, 3.8) is 0 Å². The molecule has 1 aromatic carbocycles. The maximum absolute atomic E-state index is 12.6. The number of thiophene rings is 1. The standard InChI is InChI=1S/C21H23N3O4S/c1-2-23-16-5-3-4-6-17(16)24(21(23)27)11-8-20(26)28-14-19(25)22-10-7-18-15(13-22)9-12-29-18/h3-6,9,12H,2,7-8,10-11,13-14H2,1H3. The zero-order valence-corrected chi connectivity index (χ0v) is 17.1. The molecule has 1 amide bonds. The lowest BCUT2D eigenvalue weighted by atomic mass is 10.1. The summed E-state index contributed by atoms with van der Waals surface area (Å²) in [6.07, 6.45) is 0.886. The van der Waals surface area contributed by atoms with Crippen LogP contribution in [0.1, 0.15) is 23.8 Å². The van der Waals surface area contributed by atoms with Crippen LogP contribution in [0.4, 0.5) is 0 Å². The topological polar surface area (TPSA) is 73.5 Å². The third kappa shape index (κ3) is 3.85. The van der Waals surface area contributed by atoms with Gasteiger partial charge in [-0.1, -0.05) is 12.1 Å². The number of ether oxygens (including phenoxy) is 1. The quantitative estimate of drug-likeness (QED) is 0.582. The van der Waals surface area contributed by atoms with Crippen molar-refractivity contribution in [2.24, 2.45) is 0 Å². The fraction of sp³-hybridized carbons (Fsp3) is 0.381. The number of aryl methyl sites for hydroxylation is 2. The Hall–Kier alpha value is -2.87. The van der Waals surface area contributed by atoms with E-state index in [0.29, 0.717) is 19.6 Å². The van der Waals surface area contributed by atoms with E-state index in [9.17, 15) is 14.4 Å². The second kappa shape index (κ2) is 8.24. The van der Waals surface area contributed by atoms with Crippen LogP contribution in [0.15, 0.2) is 40.5 Å². The Balaban J connectivity index is 1.33. The summed E-state index contributed by atoms with van der Waals surface area (Å²) in [7, 11) is 0. The van der Waals surface area contributed by atoms with Gasteiger partial charge in [-0.3, -0.25) is 18.7 Å². The Labute approximate surface area is 172 Å². The van der Waals surface area contributed by atoms with Crippen LogP contribution < -0.4 is 5.69 Å². The highest BCUT2D eigenvalue weighted by Gasteiger charge is 2.22. The van der Waals surface area contributed by atoms with Crippen LogP contribution in [-0.2, 0) is 40.4 Å². The molecule has 2 aromatic heterocycles. The van der Waals surface area contributed by atoms with Crippen LogP contribution >= 0.6 is 11.3 Å². The fourth-order valence-corrected chi connectivity index (χ4v) is 4.65. The van der Waals surface area contributed by atoms with Crippen LogP contribution in [0.5, 0.6) is 0 Å². The summed E-state index contributed by atoms with van der Waals surface area (Å²) in [5.41, 5.74) is 2.68. The molecule has 0 bridgehead atoms. The molecular formula is C21H23N3O4S. The van der Waals surface area contributed by atoms with E-state index in [4.69, 9.17) is 4.74 Å². The Morgan fingerprint density at radius 2 is 1.90 bits per heavy atom. The number of para-hydroxylation sites is 2. The summed E-state index contributed by atoms with van der Waals surface area (Å²) in [4.78, 5) is 40.2. The zero-order chi connectivity index (χ0) is 20.4. The molecule has 0 radical (unpaired) electrons. The molecule has 152 valence electrons. The largest absolute Gasteiger partial charge is 0.456 e. The van der Waals surface area contributed by atoms with Gasteiger partial charge in [-0.05, 0) is 42.5 Å². The minimum absolute atomic E-state index is 0.0413. The van der Waals surface area contributed by atoms with Crippen molar-refractivity contribution < 1.29 is 14.3 Å². The number of aromatic nitrogens is 2. The van der Waals surface area contributed by atoms with E-state index < -0.39 is 5.97 Å². The van der Waals surface area contributed by atoms with Gasteiger partial charge in [0.15, 0.2) is 6.61 Å². The summed E-state index contributed by atoms with van der Waals surface area (Å²) in [5.74, 6) is -0.665. The summed E-state index contributed by atoms with van der Waals surface area (Å²) in [5, 5.41) is 2.04. The van der Waals surface area contributed by atoms with Gasteiger partial charge in [0.2, 0.25) is 0 Å². The van der Waals surface area contributed by atoms with Crippen LogP contribution in [0.25, 0.3) is 11.0 Å². The Bertz CT molecular complexity index is 1110. The lowest BCUT2D eigenvalue weighted by molar-refractivity contribution is -0.152. The molecule has 3 aromatic rings. The Kier molecular flexibility index (Phi) is 5.53. The van der Waals surface area contributed by atoms with E-state index >= 15 is 0 Å². The van der Waals surface area contributed by atoms with Crippen molar-refractivity contribution in [1.29, 1.82) is 0 Å². The number of benzene rings is 1. The molecule has 0 N–H and O–H groups in total. The van der Waals surface area contributed by atoms with Gasteiger partial charge in [0.25, 0.3) is 5.91 Å². The highest BCUT2D eigenvalue weighted by atomic mass is 32.1. The molecule has 29 heavy (non-hydrogen) atoms. The predicted molar refractivity (Wildman–Crippen MR) is 111 cm³/mol. The number of imidazole rings is 1. The second-order valence-corrected chi connectivity index (χ2v) is 8.01. The van der Waals surface area contributed by atoms with Crippen molar-refractivity contribution in [2.75, 3.05) is 13.2 Å². The lowest BCUT2D eigenvalue weighted by Crippen LogP contribution is -2.38. The Morgan fingerprint density at radius 1 is 1.14 bits per heavy atom. The molecule has 0 atom stereocenters. The van der Waals surface area contributed by atoms with Gasteiger partial charge in [-0.25, -0.2) is 4.79 Å². The average Bonchev–Trinajstić information content (AvgIpc) is 3.31. The fourth-order valence-electron chi connectivity index (χ4n) is 3.76. The van der Waals surface area contributed by atoms with Gasteiger partial charge < -0.3 is 9.64 Å². The molecule has 3 heterocycles. The molecule has 0 spiro atoms. The summed E-state index contributed by atoms with van der Waals surface area (Å²) in [6, 6.07) is 9.55. The van der Waals surface area contributed by atoms with Gasteiger partial charge in [-0.2, -0.15) is 0 Å². The highest BCUT2D eigenvalue weighted by Crippen LogP contribution is 2.24. The number of amides is 1. The van der Waals surface area contributed by atoms with Crippen molar-refractivity contribution >= 4 is 34.2 Å². The molecule has 1 aliphatic rings. The lowest BCUT2D eigenvalue weighted by Gasteiger charge is -2.26. The van der Waals surface area contributed by atoms with Crippen molar-refractivity contribution in [3.8, 4) is 0 Å². The molecule has 0 saturated carbocycles. The van der Waals surface area contributed by atoms with Crippen LogP contribution in [0, 0.1) is 0 Å².